The lowest BCUT2D eigenvalue weighted by atomic mass is 10.1. The highest BCUT2D eigenvalue weighted by Crippen LogP contribution is 2.36. The first-order valence-corrected chi connectivity index (χ1v) is 9.79. The molecule has 0 aliphatic heterocycles. The normalized spacial score (nSPS) is 13.4. The van der Waals surface area contributed by atoms with Crippen molar-refractivity contribution in [2.45, 2.75) is 23.7 Å². The first kappa shape index (κ1) is 20.3. The molecule has 0 spiro atoms. The quantitative estimate of drug-likeness (QED) is 0.647. The summed E-state index contributed by atoms with van der Waals surface area (Å²) in [5.41, 5.74) is -0.601. The molecule has 0 saturated heterocycles. The summed E-state index contributed by atoms with van der Waals surface area (Å²) in [5.74, 6) is 0. The SMILES string of the molecule is O=S(=O)(N[C@@H](Cn1cncn1)c1ccccc1)c1ccc(Cl)c(C(F)(F)F)c1. The molecule has 3 aromatic rings. The molecule has 0 aliphatic carbocycles. The van der Waals surface area contributed by atoms with Gasteiger partial charge in [-0.15, -0.1) is 0 Å². The summed E-state index contributed by atoms with van der Waals surface area (Å²) in [6.45, 7) is 0.100. The van der Waals surface area contributed by atoms with E-state index >= 15 is 0 Å². The Morgan fingerprint density at radius 2 is 1.86 bits per heavy atom. The van der Waals surface area contributed by atoms with Crippen LogP contribution in [0.15, 0.2) is 66.1 Å². The van der Waals surface area contributed by atoms with Gasteiger partial charge in [-0.25, -0.2) is 18.1 Å². The van der Waals surface area contributed by atoms with E-state index in [1.807, 2.05) is 0 Å². The van der Waals surface area contributed by atoms with E-state index in [0.29, 0.717) is 11.6 Å². The molecule has 0 bridgehead atoms. The second-order valence-electron chi connectivity index (χ2n) is 5.84. The molecule has 1 heterocycles. The Labute approximate surface area is 164 Å². The molecule has 28 heavy (non-hydrogen) atoms. The zero-order valence-corrected chi connectivity index (χ0v) is 15.7. The van der Waals surface area contributed by atoms with Gasteiger partial charge in [0.25, 0.3) is 0 Å². The van der Waals surface area contributed by atoms with E-state index in [2.05, 4.69) is 14.8 Å². The Kier molecular flexibility index (Phi) is 5.73. The number of halogens is 4. The minimum Gasteiger partial charge on any atom is -0.251 e. The van der Waals surface area contributed by atoms with E-state index in [9.17, 15) is 21.6 Å². The van der Waals surface area contributed by atoms with Gasteiger partial charge in [0.15, 0.2) is 0 Å². The number of hydrogen-bond acceptors (Lipinski definition) is 4. The molecule has 0 saturated carbocycles. The number of sulfonamides is 1. The fourth-order valence-corrected chi connectivity index (χ4v) is 4.02. The minimum absolute atomic E-state index is 0.100. The smallest absolute Gasteiger partial charge is 0.251 e. The average Bonchev–Trinajstić information content (AvgIpc) is 3.14. The third-order valence-corrected chi connectivity index (χ3v) is 5.69. The molecule has 0 fully saturated rings. The van der Waals surface area contributed by atoms with Crippen molar-refractivity contribution < 1.29 is 21.6 Å². The summed E-state index contributed by atoms with van der Waals surface area (Å²) in [7, 11) is -4.28. The second-order valence-corrected chi connectivity index (χ2v) is 7.96. The van der Waals surface area contributed by atoms with E-state index in [0.717, 1.165) is 12.1 Å². The number of benzene rings is 2. The number of rotatable bonds is 6. The predicted octanol–water partition coefficient (Wildman–Crippen LogP) is 3.67. The van der Waals surface area contributed by atoms with E-state index in [1.165, 1.54) is 17.3 Å². The van der Waals surface area contributed by atoms with Gasteiger partial charge < -0.3 is 0 Å². The van der Waals surface area contributed by atoms with E-state index < -0.39 is 37.7 Å². The minimum atomic E-state index is -4.78. The van der Waals surface area contributed by atoms with Crippen molar-refractivity contribution in [1.82, 2.24) is 19.5 Å². The van der Waals surface area contributed by atoms with Crippen LogP contribution in [0.5, 0.6) is 0 Å². The van der Waals surface area contributed by atoms with Gasteiger partial charge in [0.1, 0.15) is 12.7 Å². The van der Waals surface area contributed by atoms with Crippen LogP contribution in [0.2, 0.25) is 5.02 Å². The van der Waals surface area contributed by atoms with Crippen molar-refractivity contribution in [3.05, 3.63) is 77.3 Å². The molecule has 1 atom stereocenters. The Morgan fingerprint density at radius 1 is 1.14 bits per heavy atom. The molecule has 148 valence electrons. The highest BCUT2D eigenvalue weighted by atomic mass is 35.5. The van der Waals surface area contributed by atoms with E-state index in [1.54, 1.807) is 30.3 Å². The monoisotopic (exact) mass is 430 g/mol. The first-order chi connectivity index (χ1) is 13.2. The van der Waals surface area contributed by atoms with Gasteiger partial charge in [0.05, 0.1) is 28.1 Å². The van der Waals surface area contributed by atoms with Crippen LogP contribution in [0.4, 0.5) is 13.2 Å². The number of aromatic nitrogens is 3. The van der Waals surface area contributed by atoms with Crippen molar-refractivity contribution in [3.63, 3.8) is 0 Å². The first-order valence-electron chi connectivity index (χ1n) is 7.93. The summed E-state index contributed by atoms with van der Waals surface area (Å²) in [6.07, 6.45) is -2.07. The largest absolute Gasteiger partial charge is 0.417 e. The Morgan fingerprint density at radius 3 is 2.46 bits per heavy atom. The number of alkyl halides is 3. The Balaban J connectivity index is 1.95. The zero-order valence-electron chi connectivity index (χ0n) is 14.1. The van der Waals surface area contributed by atoms with Gasteiger partial charge in [0.2, 0.25) is 10.0 Å². The highest BCUT2D eigenvalue weighted by molar-refractivity contribution is 7.89. The Bertz CT molecular complexity index is 1040. The van der Waals surface area contributed by atoms with Gasteiger partial charge in [-0.3, -0.25) is 4.68 Å². The lowest BCUT2D eigenvalue weighted by Gasteiger charge is -2.20. The summed E-state index contributed by atoms with van der Waals surface area (Å²) in [5, 5.41) is 3.37. The van der Waals surface area contributed by atoms with Gasteiger partial charge in [0, 0.05) is 0 Å². The van der Waals surface area contributed by atoms with Crippen molar-refractivity contribution in [1.29, 1.82) is 0 Å². The molecule has 0 unspecified atom stereocenters. The molecule has 0 aliphatic rings. The molecule has 11 heteroatoms. The van der Waals surface area contributed by atoms with Crippen LogP contribution in [0.3, 0.4) is 0 Å². The Hall–Kier alpha value is -2.43. The van der Waals surface area contributed by atoms with Gasteiger partial charge in [-0.1, -0.05) is 41.9 Å². The maximum Gasteiger partial charge on any atom is 0.417 e. The lowest BCUT2D eigenvalue weighted by molar-refractivity contribution is -0.137. The molecule has 6 nitrogen and oxygen atoms in total. The third kappa shape index (κ3) is 4.70. The van der Waals surface area contributed by atoms with Gasteiger partial charge in [-0.2, -0.15) is 18.3 Å². The molecular weight excluding hydrogens is 417 g/mol. The fourth-order valence-electron chi connectivity index (χ4n) is 2.55. The maximum absolute atomic E-state index is 13.1. The summed E-state index contributed by atoms with van der Waals surface area (Å²) < 4.78 is 68.6. The lowest BCUT2D eigenvalue weighted by Crippen LogP contribution is -2.32. The van der Waals surface area contributed by atoms with Crippen LogP contribution in [-0.2, 0) is 22.7 Å². The van der Waals surface area contributed by atoms with E-state index in [-0.39, 0.29) is 6.54 Å². The average molecular weight is 431 g/mol. The summed E-state index contributed by atoms with van der Waals surface area (Å²) in [6, 6.07) is 10.3. The van der Waals surface area contributed by atoms with Crippen LogP contribution >= 0.6 is 11.6 Å². The molecular formula is C17H14ClF3N4O2S. The van der Waals surface area contributed by atoms with Gasteiger partial charge in [-0.05, 0) is 23.8 Å². The molecule has 0 radical (unpaired) electrons. The van der Waals surface area contributed by atoms with Crippen LogP contribution in [0.25, 0.3) is 0 Å². The van der Waals surface area contributed by atoms with Crippen LogP contribution in [0, 0.1) is 0 Å². The van der Waals surface area contributed by atoms with Crippen LogP contribution in [-0.4, -0.2) is 23.2 Å². The van der Waals surface area contributed by atoms with Crippen molar-refractivity contribution in [3.8, 4) is 0 Å². The molecule has 1 N–H and O–H groups in total. The molecule has 2 aromatic carbocycles. The number of nitrogens with one attached hydrogen (secondary N) is 1. The third-order valence-electron chi connectivity index (χ3n) is 3.89. The van der Waals surface area contributed by atoms with E-state index in [4.69, 9.17) is 11.6 Å². The molecule has 3 rings (SSSR count). The maximum atomic E-state index is 13.1. The van der Waals surface area contributed by atoms with Crippen molar-refractivity contribution in [2.24, 2.45) is 0 Å². The topological polar surface area (TPSA) is 76.9 Å². The standard InChI is InChI=1S/C17H14ClF3N4O2S/c18-15-7-6-13(8-14(15)17(19,20)21)28(26,27)24-16(9-25-11-22-10-23-25)12-4-2-1-3-5-12/h1-8,10-11,16,24H,9H2/t16-/m0/s1. The molecule has 0 amide bonds. The van der Waals surface area contributed by atoms with Crippen LogP contribution < -0.4 is 4.72 Å². The number of nitrogens with zero attached hydrogens (tertiary/aromatic N) is 3. The van der Waals surface area contributed by atoms with Gasteiger partial charge >= 0.3 is 6.18 Å². The predicted molar refractivity (Wildman–Crippen MR) is 96.0 cm³/mol. The number of hydrogen-bond donors (Lipinski definition) is 1. The summed E-state index contributed by atoms with van der Waals surface area (Å²) in [4.78, 5) is 3.27. The molecule has 1 aromatic heterocycles. The second kappa shape index (κ2) is 7.90. The highest BCUT2D eigenvalue weighted by Gasteiger charge is 2.35. The van der Waals surface area contributed by atoms with Crippen molar-refractivity contribution in [2.75, 3.05) is 0 Å². The fraction of sp³-hybridized carbons (Fsp3) is 0.176. The van der Waals surface area contributed by atoms with Crippen molar-refractivity contribution >= 4 is 21.6 Å². The van der Waals surface area contributed by atoms with Crippen LogP contribution in [0.1, 0.15) is 17.2 Å². The zero-order chi connectivity index (χ0) is 20.4. The summed E-state index contributed by atoms with van der Waals surface area (Å²) >= 11 is 5.57.